The number of alkyl halides is 1. The summed E-state index contributed by atoms with van der Waals surface area (Å²) in [6.45, 7) is 0.264. The van der Waals surface area contributed by atoms with E-state index in [1.807, 2.05) is 18.2 Å². The molecule has 0 aliphatic rings. The van der Waals surface area contributed by atoms with E-state index in [-0.39, 0.29) is 18.3 Å². The predicted molar refractivity (Wildman–Crippen MR) is 72.6 cm³/mol. The van der Waals surface area contributed by atoms with E-state index in [1.165, 1.54) is 12.1 Å². The van der Waals surface area contributed by atoms with Crippen molar-refractivity contribution in [2.45, 2.75) is 6.61 Å². The molecule has 2 rings (SSSR count). The van der Waals surface area contributed by atoms with Crippen molar-refractivity contribution >= 4 is 11.6 Å². The molecule has 0 atom stereocenters. The third kappa shape index (κ3) is 3.97. The van der Waals surface area contributed by atoms with Crippen LogP contribution in [0.25, 0.3) is 0 Å². The van der Waals surface area contributed by atoms with Gasteiger partial charge in [0.15, 0.2) is 0 Å². The summed E-state index contributed by atoms with van der Waals surface area (Å²) in [4.78, 5) is 4.13. The molecule has 0 radical (unpaired) electrons. The average Bonchev–Trinajstić information content (AvgIpc) is 2.45. The Balaban J connectivity index is 2.16. The maximum atomic E-state index is 13.2. The second kappa shape index (κ2) is 6.77. The quantitative estimate of drug-likeness (QED) is 0.633. The van der Waals surface area contributed by atoms with Gasteiger partial charge in [0, 0.05) is 12.3 Å². The summed E-state index contributed by atoms with van der Waals surface area (Å²) in [7, 11) is 0. The molecule has 0 saturated carbocycles. The highest BCUT2D eigenvalue weighted by molar-refractivity contribution is 6.19. The van der Waals surface area contributed by atoms with Crippen molar-refractivity contribution in [3.8, 4) is 17.6 Å². The molecule has 0 saturated heterocycles. The first-order chi connectivity index (χ1) is 9.29. The molecule has 0 aliphatic heterocycles. The number of rotatable bonds is 3. The van der Waals surface area contributed by atoms with Crippen LogP contribution in [0.3, 0.4) is 0 Å². The molecule has 0 unspecified atom stereocenters. The lowest BCUT2D eigenvalue weighted by Crippen LogP contribution is -1.99. The fourth-order valence-electron chi connectivity index (χ4n) is 1.48. The Kier molecular flexibility index (Phi) is 4.77. The minimum atomic E-state index is -0.368. The Hall–Kier alpha value is -2.05. The first-order valence-electron chi connectivity index (χ1n) is 5.66. The maximum absolute atomic E-state index is 13.2. The summed E-state index contributed by atoms with van der Waals surface area (Å²) in [5, 5.41) is 0. The maximum Gasteiger partial charge on any atom is 0.138 e. The summed E-state index contributed by atoms with van der Waals surface area (Å²) < 4.78 is 18.8. The molecule has 0 bridgehead atoms. The lowest BCUT2D eigenvalue weighted by molar-refractivity contribution is 0.299. The van der Waals surface area contributed by atoms with Gasteiger partial charge in [-0.2, -0.15) is 0 Å². The van der Waals surface area contributed by atoms with Gasteiger partial charge in [-0.05, 0) is 24.3 Å². The topological polar surface area (TPSA) is 22.1 Å². The second-order valence-electron chi connectivity index (χ2n) is 3.69. The van der Waals surface area contributed by atoms with Crippen molar-refractivity contribution < 1.29 is 9.13 Å². The molecule has 4 heteroatoms. The molecule has 0 spiro atoms. The molecule has 1 aromatic carbocycles. The number of hydrogen-bond acceptors (Lipinski definition) is 2. The standard InChI is InChI=1S/C15H11ClFNO/c16-8-3-4-12-6-7-13(17)10-15(12)19-11-14-5-1-2-9-18-14/h1-2,5-7,9-10H,8,11H2. The predicted octanol–water partition coefficient (Wildman–Crippen LogP) is 3.39. The van der Waals surface area contributed by atoms with E-state index < -0.39 is 0 Å². The number of halogens is 2. The Morgan fingerprint density at radius 2 is 2.16 bits per heavy atom. The number of aromatic nitrogens is 1. The fraction of sp³-hybridized carbons (Fsp3) is 0.133. The van der Waals surface area contributed by atoms with Gasteiger partial charge in [-0.15, -0.1) is 11.6 Å². The molecule has 0 amide bonds. The van der Waals surface area contributed by atoms with Gasteiger partial charge < -0.3 is 4.74 Å². The molecule has 1 aromatic heterocycles. The van der Waals surface area contributed by atoms with Crippen LogP contribution in [0, 0.1) is 17.7 Å². The highest BCUT2D eigenvalue weighted by atomic mass is 35.5. The molecular weight excluding hydrogens is 265 g/mol. The van der Waals surface area contributed by atoms with Crippen molar-refractivity contribution in [1.29, 1.82) is 0 Å². The zero-order valence-electron chi connectivity index (χ0n) is 10.1. The minimum Gasteiger partial charge on any atom is -0.486 e. The summed E-state index contributed by atoms with van der Waals surface area (Å²) >= 11 is 5.51. The van der Waals surface area contributed by atoms with E-state index in [1.54, 1.807) is 12.3 Å². The van der Waals surface area contributed by atoms with Crippen LogP contribution in [0.1, 0.15) is 11.3 Å². The third-order valence-corrected chi connectivity index (χ3v) is 2.47. The fourth-order valence-corrected chi connectivity index (χ4v) is 1.55. The molecule has 2 nitrogen and oxygen atoms in total. The van der Waals surface area contributed by atoms with Gasteiger partial charge in [0.25, 0.3) is 0 Å². The Morgan fingerprint density at radius 1 is 1.26 bits per heavy atom. The van der Waals surface area contributed by atoms with Crippen LogP contribution < -0.4 is 4.74 Å². The van der Waals surface area contributed by atoms with Crippen LogP contribution in [-0.2, 0) is 6.61 Å². The number of nitrogens with zero attached hydrogens (tertiary/aromatic N) is 1. The molecule has 1 heterocycles. The highest BCUT2D eigenvalue weighted by Crippen LogP contribution is 2.20. The van der Waals surface area contributed by atoms with Gasteiger partial charge in [-0.3, -0.25) is 4.98 Å². The first kappa shape index (κ1) is 13.4. The van der Waals surface area contributed by atoms with Gasteiger partial charge >= 0.3 is 0 Å². The molecule has 0 fully saturated rings. The lowest BCUT2D eigenvalue weighted by Gasteiger charge is -2.08. The molecule has 0 N–H and O–H groups in total. The zero-order valence-corrected chi connectivity index (χ0v) is 10.8. The summed E-state index contributed by atoms with van der Waals surface area (Å²) in [5.74, 6) is 5.80. The number of hydrogen-bond donors (Lipinski definition) is 0. The Bertz CT molecular complexity index is 605. The van der Waals surface area contributed by atoms with E-state index in [4.69, 9.17) is 16.3 Å². The normalized spacial score (nSPS) is 9.58. The van der Waals surface area contributed by atoms with Crippen molar-refractivity contribution in [3.05, 3.63) is 59.7 Å². The van der Waals surface area contributed by atoms with E-state index in [0.29, 0.717) is 11.3 Å². The van der Waals surface area contributed by atoms with Gasteiger partial charge in [0.2, 0.25) is 0 Å². The smallest absolute Gasteiger partial charge is 0.138 e. The number of benzene rings is 1. The molecule has 19 heavy (non-hydrogen) atoms. The van der Waals surface area contributed by atoms with Gasteiger partial charge in [-0.25, -0.2) is 4.39 Å². The van der Waals surface area contributed by atoms with E-state index in [0.717, 1.165) is 5.69 Å². The molecular formula is C15H11ClFNO. The van der Waals surface area contributed by atoms with Gasteiger partial charge in [-0.1, -0.05) is 17.9 Å². The van der Waals surface area contributed by atoms with Crippen LogP contribution in [-0.4, -0.2) is 10.9 Å². The SMILES string of the molecule is Fc1ccc(C#CCCl)c(OCc2ccccn2)c1. The van der Waals surface area contributed by atoms with Gasteiger partial charge in [0.1, 0.15) is 18.2 Å². The van der Waals surface area contributed by atoms with Gasteiger partial charge in [0.05, 0.1) is 17.1 Å². The van der Waals surface area contributed by atoms with Crippen molar-refractivity contribution in [2.75, 3.05) is 5.88 Å². The van der Waals surface area contributed by atoms with Crippen molar-refractivity contribution in [3.63, 3.8) is 0 Å². The van der Waals surface area contributed by atoms with Crippen LogP contribution in [0.15, 0.2) is 42.6 Å². The first-order valence-corrected chi connectivity index (χ1v) is 6.20. The van der Waals surface area contributed by atoms with Crippen LogP contribution >= 0.6 is 11.6 Å². The van der Waals surface area contributed by atoms with E-state index in [9.17, 15) is 4.39 Å². The Labute approximate surface area is 116 Å². The van der Waals surface area contributed by atoms with Crippen LogP contribution in [0.5, 0.6) is 5.75 Å². The minimum absolute atomic E-state index is 0.219. The molecule has 2 aromatic rings. The van der Waals surface area contributed by atoms with Crippen molar-refractivity contribution in [2.24, 2.45) is 0 Å². The number of ether oxygens (including phenoxy) is 1. The summed E-state index contributed by atoms with van der Waals surface area (Å²) in [6, 6.07) is 9.74. The third-order valence-electron chi connectivity index (χ3n) is 2.34. The number of pyridine rings is 1. The van der Waals surface area contributed by atoms with Crippen molar-refractivity contribution in [1.82, 2.24) is 4.98 Å². The largest absolute Gasteiger partial charge is 0.486 e. The van der Waals surface area contributed by atoms with E-state index >= 15 is 0 Å². The monoisotopic (exact) mass is 275 g/mol. The molecule has 0 aliphatic carbocycles. The highest BCUT2D eigenvalue weighted by Gasteiger charge is 2.04. The van der Waals surface area contributed by atoms with Crippen LogP contribution in [0.4, 0.5) is 4.39 Å². The summed E-state index contributed by atoms with van der Waals surface area (Å²) in [5.41, 5.74) is 1.38. The van der Waals surface area contributed by atoms with Crippen LogP contribution in [0.2, 0.25) is 0 Å². The zero-order chi connectivity index (χ0) is 13.5. The molecule has 96 valence electrons. The second-order valence-corrected chi connectivity index (χ2v) is 3.95. The summed E-state index contributed by atoms with van der Waals surface area (Å²) in [6.07, 6.45) is 1.68. The van der Waals surface area contributed by atoms with E-state index in [2.05, 4.69) is 16.8 Å². The Morgan fingerprint density at radius 3 is 2.89 bits per heavy atom. The lowest BCUT2D eigenvalue weighted by atomic mass is 10.2. The average molecular weight is 276 g/mol.